The van der Waals surface area contributed by atoms with Crippen LogP contribution in [0.1, 0.15) is 19.0 Å². The number of benzene rings is 1. The van der Waals surface area contributed by atoms with Crippen molar-refractivity contribution in [1.82, 2.24) is 9.29 Å². The molecule has 0 spiro atoms. The van der Waals surface area contributed by atoms with E-state index in [1.165, 1.54) is 4.57 Å². The number of hydrogen-bond acceptors (Lipinski definition) is 2. The SMILES string of the molecule is CCCS(=O)(=O)NC(Cn1c(C)cc2cc(Cl)ccc21)C(F)(F)F. The molecule has 0 aliphatic carbocycles. The molecule has 0 bridgehead atoms. The summed E-state index contributed by atoms with van der Waals surface area (Å²) in [6, 6.07) is 4.39. The van der Waals surface area contributed by atoms with Gasteiger partial charge in [-0.05, 0) is 37.6 Å². The maximum Gasteiger partial charge on any atom is 0.406 e. The standard InChI is InChI=1S/C15H18ClF3N2O2S/c1-3-6-24(22,23)20-14(15(17,18)19)9-21-10(2)7-11-8-12(16)4-5-13(11)21/h4-5,7-8,14,20H,3,6,9H2,1-2H3. The second kappa shape index (κ2) is 6.93. The van der Waals surface area contributed by atoms with Crippen LogP contribution < -0.4 is 4.72 Å². The molecular formula is C15H18ClF3N2O2S. The molecule has 2 rings (SSSR count). The lowest BCUT2D eigenvalue weighted by molar-refractivity contribution is -0.154. The number of sulfonamides is 1. The Kier molecular flexibility index (Phi) is 5.51. The molecule has 134 valence electrons. The van der Waals surface area contributed by atoms with Crippen molar-refractivity contribution in [2.45, 2.75) is 39.0 Å². The Hall–Kier alpha value is -1.25. The fourth-order valence-corrected chi connectivity index (χ4v) is 4.03. The number of nitrogens with one attached hydrogen (secondary N) is 1. The molecular weight excluding hydrogens is 365 g/mol. The first kappa shape index (κ1) is 19.1. The van der Waals surface area contributed by atoms with Gasteiger partial charge in [0.1, 0.15) is 6.04 Å². The third-order valence-corrected chi connectivity index (χ3v) is 5.45. The third kappa shape index (κ3) is 4.43. The summed E-state index contributed by atoms with van der Waals surface area (Å²) in [5.74, 6) is -0.347. The average Bonchev–Trinajstić information content (AvgIpc) is 2.72. The summed E-state index contributed by atoms with van der Waals surface area (Å²) in [4.78, 5) is 0. The second-order valence-corrected chi connectivity index (χ2v) is 7.94. The first-order valence-corrected chi connectivity index (χ1v) is 9.38. The van der Waals surface area contributed by atoms with E-state index in [1.807, 2.05) is 0 Å². The number of hydrogen-bond donors (Lipinski definition) is 1. The van der Waals surface area contributed by atoms with Crippen LogP contribution in [-0.4, -0.2) is 31.0 Å². The summed E-state index contributed by atoms with van der Waals surface area (Å²) in [5.41, 5.74) is 1.16. The van der Waals surface area contributed by atoms with E-state index in [-0.39, 0.29) is 12.2 Å². The molecule has 1 aromatic carbocycles. The maximum atomic E-state index is 13.3. The van der Waals surface area contributed by atoms with E-state index >= 15 is 0 Å². The fraction of sp³-hybridized carbons (Fsp3) is 0.467. The minimum Gasteiger partial charge on any atom is -0.343 e. The van der Waals surface area contributed by atoms with E-state index in [0.29, 0.717) is 21.6 Å². The molecule has 1 aromatic heterocycles. The number of aryl methyl sites for hydroxylation is 1. The van der Waals surface area contributed by atoms with Crippen LogP contribution >= 0.6 is 11.6 Å². The Bertz CT molecular complexity index is 831. The van der Waals surface area contributed by atoms with Gasteiger partial charge in [0.15, 0.2) is 0 Å². The van der Waals surface area contributed by atoms with E-state index in [1.54, 1.807) is 42.8 Å². The number of aromatic nitrogens is 1. The van der Waals surface area contributed by atoms with Gasteiger partial charge in [-0.25, -0.2) is 13.1 Å². The molecule has 0 fully saturated rings. The van der Waals surface area contributed by atoms with Crippen molar-refractivity contribution in [3.05, 3.63) is 35.0 Å². The summed E-state index contributed by atoms with van der Waals surface area (Å²) in [6.45, 7) is 2.72. The third-order valence-electron chi connectivity index (χ3n) is 3.63. The number of fused-ring (bicyclic) bond motifs is 1. The van der Waals surface area contributed by atoms with Crippen LogP contribution in [0.15, 0.2) is 24.3 Å². The monoisotopic (exact) mass is 382 g/mol. The van der Waals surface area contributed by atoms with Crippen molar-refractivity contribution in [3.8, 4) is 0 Å². The van der Waals surface area contributed by atoms with E-state index < -0.39 is 28.8 Å². The number of halogens is 4. The second-order valence-electron chi connectivity index (χ2n) is 5.63. The quantitative estimate of drug-likeness (QED) is 0.824. The van der Waals surface area contributed by atoms with Gasteiger partial charge in [0.05, 0.1) is 5.75 Å². The molecule has 0 amide bonds. The minimum absolute atomic E-state index is 0.240. The van der Waals surface area contributed by atoms with Crippen LogP contribution in [0.3, 0.4) is 0 Å². The number of rotatable bonds is 6. The van der Waals surface area contributed by atoms with E-state index in [9.17, 15) is 21.6 Å². The Morgan fingerprint density at radius 3 is 2.54 bits per heavy atom. The minimum atomic E-state index is -4.70. The molecule has 2 aromatic rings. The Balaban J connectivity index is 2.39. The van der Waals surface area contributed by atoms with Crippen LogP contribution in [-0.2, 0) is 16.6 Å². The molecule has 0 radical (unpaired) electrons. The lowest BCUT2D eigenvalue weighted by atomic mass is 10.2. The zero-order chi connectivity index (χ0) is 18.1. The molecule has 1 heterocycles. The van der Waals surface area contributed by atoms with Crippen LogP contribution in [0, 0.1) is 6.92 Å². The van der Waals surface area contributed by atoms with Crippen molar-refractivity contribution in [3.63, 3.8) is 0 Å². The normalized spacial score (nSPS) is 14.2. The topological polar surface area (TPSA) is 51.1 Å². The van der Waals surface area contributed by atoms with Gasteiger partial charge in [-0.3, -0.25) is 0 Å². The van der Waals surface area contributed by atoms with Crippen LogP contribution in [0.5, 0.6) is 0 Å². The molecule has 1 N–H and O–H groups in total. The molecule has 1 unspecified atom stereocenters. The molecule has 0 saturated carbocycles. The summed E-state index contributed by atoms with van der Waals surface area (Å²) < 4.78 is 66.7. The van der Waals surface area contributed by atoms with Crippen LogP contribution in [0.2, 0.25) is 5.02 Å². The van der Waals surface area contributed by atoms with E-state index in [4.69, 9.17) is 11.6 Å². The zero-order valence-electron chi connectivity index (χ0n) is 13.2. The van der Waals surface area contributed by atoms with Crippen molar-refractivity contribution in [2.24, 2.45) is 0 Å². The van der Waals surface area contributed by atoms with Crippen LogP contribution in [0.4, 0.5) is 13.2 Å². The number of alkyl halides is 3. The molecule has 0 aliphatic rings. The average molecular weight is 383 g/mol. The summed E-state index contributed by atoms with van der Waals surface area (Å²) in [5, 5.41) is 1.19. The molecule has 4 nitrogen and oxygen atoms in total. The Labute approximate surface area is 143 Å². The smallest absolute Gasteiger partial charge is 0.343 e. The lowest BCUT2D eigenvalue weighted by Gasteiger charge is -2.23. The van der Waals surface area contributed by atoms with Crippen LogP contribution in [0.25, 0.3) is 10.9 Å². The predicted molar refractivity (Wildman–Crippen MR) is 88.7 cm³/mol. The first-order valence-electron chi connectivity index (χ1n) is 7.35. The highest BCUT2D eigenvalue weighted by Gasteiger charge is 2.42. The predicted octanol–water partition coefficient (Wildman–Crippen LogP) is 3.86. The highest BCUT2D eigenvalue weighted by Crippen LogP contribution is 2.27. The van der Waals surface area contributed by atoms with Gasteiger partial charge in [0, 0.05) is 28.2 Å². The Morgan fingerprint density at radius 2 is 1.96 bits per heavy atom. The molecule has 9 heteroatoms. The van der Waals surface area contributed by atoms with E-state index in [0.717, 1.165) is 0 Å². The number of nitrogens with zero attached hydrogens (tertiary/aromatic N) is 1. The summed E-state index contributed by atoms with van der Waals surface area (Å²) >= 11 is 5.90. The van der Waals surface area contributed by atoms with Crippen molar-refractivity contribution < 1.29 is 21.6 Å². The van der Waals surface area contributed by atoms with Gasteiger partial charge in [-0.1, -0.05) is 18.5 Å². The fourth-order valence-electron chi connectivity index (χ4n) is 2.56. The maximum absolute atomic E-state index is 13.3. The van der Waals surface area contributed by atoms with Gasteiger partial charge in [0.25, 0.3) is 0 Å². The highest BCUT2D eigenvalue weighted by atomic mass is 35.5. The van der Waals surface area contributed by atoms with Crippen molar-refractivity contribution >= 4 is 32.5 Å². The summed E-state index contributed by atoms with van der Waals surface area (Å²) in [6.07, 6.45) is -4.46. The summed E-state index contributed by atoms with van der Waals surface area (Å²) in [7, 11) is -3.99. The lowest BCUT2D eigenvalue weighted by Crippen LogP contribution is -2.48. The van der Waals surface area contributed by atoms with Crippen molar-refractivity contribution in [2.75, 3.05) is 5.75 Å². The van der Waals surface area contributed by atoms with Gasteiger partial charge in [-0.2, -0.15) is 13.2 Å². The first-order chi connectivity index (χ1) is 11.0. The molecule has 0 saturated heterocycles. The van der Waals surface area contributed by atoms with Gasteiger partial charge < -0.3 is 4.57 Å². The highest BCUT2D eigenvalue weighted by molar-refractivity contribution is 7.89. The molecule has 24 heavy (non-hydrogen) atoms. The van der Waals surface area contributed by atoms with Gasteiger partial charge in [-0.15, -0.1) is 0 Å². The molecule has 1 atom stereocenters. The largest absolute Gasteiger partial charge is 0.406 e. The van der Waals surface area contributed by atoms with Gasteiger partial charge >= 0.3 is 6.18 Å². The van der Waals surface area contributed by atoms with Crippen molar-refractivity contribution in [1.29, 1.82) is 0 Å². The molecule has 0 aliphatic heterocycles. The Morgan fingerprint density at radius 1 is 1.29 bits per heavy atom. The zero-order valence-corrected chi connectivity index (χ0v) is 14.8. The van der Waals surface area contributed by atoms with E-state index in [2.05, 4.69) is 0 Å². The van der Waals surface area contributed by atoms with Gasteiger partial charge in [0.2, 0.25) is 10.0 Å².